The largest absolute Gasteiger partial charge is 0.447 e. The van der Waals surface area contributed by atoms with Crippen molar-refractivity contribution in [2.75, 3.05) is 19.7 Å². The fourth-order valence-corrected chi connectivity index (χ4v) is 4.75. The van der Waals surface area contributed by atoms with E-state index in [4.69, 9.17) is 9.15 Å². The van der Waals surface area contributed by atoms with Gasteiger partial charge in [0.15, 0.2) is 5.58 Å². The number of rotatable bonds is 5. The Morgan fingerprint density at radius 2 is 1.69 bits per heavy atom. The monoisotopic (exact) mass is 435 g/mol. The van der Waals surface area contributed by atoms with Gasteiger partial charge in [-0.15, -0.1) is 0 Å². The Balaban J connectivity index is 1.20. The Morgan fingerprint density at radius 1 is 0.969 bits per heavy atom. The lowest BCUT2D eigenvalue weighted by Gasteiger charge is -2.38. The minimum absolute atomic E-state index is 0.00392. The van der Waals surface area contributed by atoms with Gasteiger partial charge in [0.2, 0.25) is 5.91 Å². The molecule has 2 aromatic carbocycles. The number of benzene rings is 2. The first kappa shape index (κ1) is 20.4. The van der Waals surface area contributed by atoms with Crippen LogP contribution in [0.2, 0.25) is 0 Å². The number of oxazole rings is 1. The van der Waals surface area contributed by atoms with Crippen molar-refractivity contribution >= 4 is 23.1 Å². The van der Waals surface area contributed by atoms with Gasteiger partial charge in [-0.2, -0.15) is 0 Å². The van der Waals surface area contributed by atoms with Crippen LogP contribution in [0.5, 0.6) is 0 Å². The number of aromatic nitrogens is 1. The van der Waals surface area contributed by atoms with Crippen LogP contribution in [0.1, 0.15) is 30.9 Å². The number of carbonyl (C=O) groups excluding carboxylic acids is 2. The lowest BCUT2D eigenvalue weighted by atomic mass is 9.99. The van der Waals surface area contributed by atoms with Crippen molar-refractivity contribution in [3.8, 4) is 0 Å². The van der Waals surface area contributed by atoms with E-state index in [1.54, 1.807) is 6.07 Å². The molecule has 32 heavy (non-hydrogen) atoms. The summed E-state index contributed by atoms with van der Waals surface area (Å²) in [5, 5.41) is 0. The molecule has 0 saturated carbocycles. The fraction of sp³-hybridized carbons (Fsp3) is 0.375. The van der Waals surface area contributed by atoms with Crippen LogP contribution in [0, 0.1) is 0 Å². The maximum absolute atomic E-state index is 12.8. The standard InChI is InChI=1S/C24H25N3O5/c28-22(12-15-26-19-8-4-5-9-21(19)32-23(26)29)25-13-10-18(11-14-25)27-20(16-31-24(27)30)17-6-2-1-3-7-17/h1-9,18,20H,10-16H2. The summed E-state index contributed by atoms with van der Waals surface area (Å²) in [6, 6.07) is 17.1. The highest BCUT2D eigenvalue weighted by molar-refractivity contribution is 5.77. The van der Waals surface area contributed by atoms with Crippen LogP contribution in [0.3, 0.4) is 0 Å². The summed E-state index contributed by atoms with van der Waals surface area (Å²) in [5.41, 5.74) is 2.29. The SMILES string of the molecule is O=C(CCn1c(=O)oc2ccccc21)N1CCC(N2C(=O)OCC2c2ccccc2)CC1. The number of carbonyl (C=O) groups is 2. The second-order valence-corrected chi connectivity index (χ2v) is 8.26. The molecule has 3 aromatic rings. The number of hydrogen-bond acceptors (Lipinski definition) is 5. The molecule has 2 saturated heterocycles. The van der Waals surface area contributed by atoms with Gasteiger partial charge in [0.05, 0.1) is 11.6 Å². The normalized spacial score (nSPS) is 19.5. The highest BCUT2D eigenvalue weighted by Crippen LogP contribution is 2.33. The van der Waals surface area contributed by atoms with E-state index in [0.717, 1.165) is 5.56 Å². The highest BCUT2D eigenvalue weighted by Gasteiger charge is 2.40. The minimum atomic E-state index is -0.447. The number of amides is 2. The van der Waals surface area contributed by atoms with Crippen molar-refractivity contribution in [2.24, 2.45) is 0 Å². The van der Waals surface area contributed by atoms with Crippen molar-refractivity contribution in [1.29, 1.82) is 0 Å². The fourth-order valence-electron chi connectivity index (χ4n) is 4.75. The van der Waals surface area contributed by atoms with Gasteiger partial charge < -0.3 is 14.1 Å². The van der Waals surface area contributed by atoms with Crippen molar-refractivity contribution in [3.05, 3.63) is 70.7 Å². The lowest BCUT2D eigenvalue weighted by Crippen LogP contribution is -2.48. The molecule has 1 unspecified atom stereocenters. The van der Waals surface area contributed by atoms with Gasteiger partial charge in [0.25, 0.3) is 0 Å². The van der Waals surface area contributed by atoms with E-state index >= 15 is 0 Å². The molecule has 8 heteroatoms. The zero-order valence-corrected chi connectivity index (χ0v) is 17.7. The Hall–Kier alpha value is -3.55. The van der Waals surface area contributed by atoms with Crippen LogP contribution in [0.25, 0.3) is 11.1 Å². The summed E-state index contributed by atoms with van der Waals surface area (Å²) < 4.78 is 12.1. The molecule has 0 bridgehead atoms. The molecule has 5 rings (SSSR count). The van der Waals surface area contributed by atoms with Crippen LogP contribution < -0.4 is 5.76 Å². The number of nitrogens with zero attached hydrogens (tertiary/aromatic N) is 3. The summed E-state index contributed by atoms with van der Waals surface area (Å²) in [6.07, 6.45) is 1.36. The van der Waals surface area contributed by atoms with Gasteiger partial charge in [-0.05, 0) is 30.5 Å². The number of cyclic esters (lactones) is 1. The van der Waals surface area contributed by atoms with Crippen LogP contribution in [0.4, 0.5) is 4.79 Å². The first-order valence-electron chi connectivity index (χ1n) is 11.0. The molecule has 2 aliphatic rings. The molecule has 0 N–H and O–H groups in total. The Bertz CT molecular complexity index is 1180. The molecule has 8 nitrogen and oxygen atoms in total. The number of hydrogen-bond donors (Lipinski definition) is 0. The van der Waals surface area contributed by atoms with Crippen molar-refractivity contribution in [2.45, 2.75) is 37.9 Å². The van der Waals surface area contributed by atoms with Crippen LogP contribution in [0.15, 0.2) is 63.8 Å². The average molecular weight is 435 g/mol. The van der Waals surface area contributed by atoms with Gasteiger partial charge in [0.1, 0.15) is 6.61 Å². The van der Waals surface area contributed by atoms with E-state index in [-0.39, 0.29) is 37.0 Å². The number of para-hydroxylation sites is 2. The van der Waals surface area contributed by atoms with Gasteiger partial charge in [-0.3, -0.25) is 14.3 Å². The maximum atomic E-state index is 12.8. The number of aryl methyl sites for hydroxylation is 1. The molecule has 2 amide bonds. The molecule has 3 heterocycles. The van der Waals surface area contributed by atoms with Gasteiger partial charge >= 0.3 is 11.8 Å². The molecule has 1 atom stereocenters. The molecular weight excluding hydrogens is 410 g/mol. The second-order valence-electron chi connectivity index (χ2n) is 8.26. The Labute approximate surface area is 185 Å². The molecular formula is C24H25N3O5. The third-order valence-electron chi connectivity index (χ3n) is 6.43. The van der Waals surface area contributed by atoms with Gasteiger partial charge in [-0.25, -0.2) is 9.59 Å². The molecule has 0 radical (unpaired) electrons. The smallest absolute Gasteiger partial charge is 0.419 e. The average Bonchev–Trinajstić information content (AvgIpc) is 3.37. The van der Waals surface area contributed by atoms with E-state index in [1.807, 2.05) is 58.3 Å². The third kappa shape index (κ3) is 3.77. The van der Waals surface area contributed by atoms with E-state index in [1.165, 1.54) is 4.57 Å². The summed E-state index contributed by atoms with van der Waals surface area (Å²) in [6.45, 7) is 1.80. The number of fused-ring (bicyclic) bond motifs is 1. The van der Waals surface area contributed by atoms with Crippen molar-refractivity contribution in [1.82, 2.24) is 14.4 Å². The minimum Gasteiger partial charge on any atom is -0.447 e. The zero-order valence-electron chi connectivity index (χ0n) is 17.7. The van der Waals surface area contributed by atoms with Crippen LogP contribution >= 0.6 is 0 Å². The number of piperidine rings is 1. The summed E-state index contributed by atoms with van der Waals surface area (Å²) in [7, 11) is 0. The summed E-state index contributed by atoms with van der Waals surface area (Å²) in [5.74, 6) is -0.443. The van der Waals surface area contributed by atoms with Gasteiger partial charge in [-0.1, -0.05) is 42.5 Å². The van der Waals surface area contributed by atoms with Crippen LogP contribution in [-0.2, 0) is 16.1 Å². The maximum Gasteiger partial charge on any atom is 0.419 e. The quantitative estimate of drug-likeness (QED) is 0.615. The molecule has 1 aromatic heterocycles. The third-order valence-corrected chi connectivity index (χ3v) is 6.43. The van der Waals surface area contributed by atoms with Gasteiger partial charge in [0, 0.05) is 32.1 Å². The van der Waals surface area contributed by atoms with Crippen molar-refractivity contribution < 1.29 is 18.7 Å². The molecule has 0 aliphatic carbocycles. The highest BCUT2D eigenvalue weighted by atomic mass is 16.6. The molecule has 166 valence electrons. The van der Waals surface area contributed by atoms with Crippen molar-refractivity contribution in [3.63, 3.8) is 0 Å². The topological polar surface area (TPSA) is 85.0 Å². The Kier molecular flexibility index (Phi) is 5.43. The lowest BCUT2D eigenvalue weighted by molar-refractivity contribution is -0.132. The van der Waals surface area contributed by atoms with E-state index < -0.39 is 5.76 Å². The molecule has 2 fully saturated rings. The predicted octanol–water partition coefficient (Wildman–Crippen LogP) is 3.17. The summed E-state index contributed by atoms with van der Waals surface area (Å²) >= 11 is 0. The van der Waals surface area contributed by atoms with E-state index in [9.17, 15) is 14.4 Å². The first-order chi connectivity index (χ1) is 15.6. The van der Waals surface area contributed by atoms with Crippen LogP contribution in [-0.4, -0.2) is 52.1 Å². The van der Waals surface area contributed by atoms with E-state index in [0.29, 0.717) is 43.6 Å². The molecule has 2 aliphatic heterocycles. The molecule has 0 spiro atoms. The second kappa shape index (κ2) is 8.53. The number of likely N-dealkylation sites (tertiary alicyclic amines) is 1. The van der Waals surface area contributed by atoms with E-state index in [2.05, 4.69) is 0 Å². The zero-order chi connectivity index (χ0) is 22.1. The first-order valence-corrected chi connectivity index (χ1v) is 11.0. The summed E-state index contributed by atoms with van der Waals surface area (Å²) in [4.78, 5) is 41.0. The number of ether oxygens (including phenoxy) is 1. The Morgan fingerprint density at radius 3 is 2.47 bits per heavy atom. The predicted molar refractivity (Wildman–Crippen MR) is 117 cm³/mol.